The molecular formula is C11H17N3O2. The van der Waals surface area contributed by atoms with Crippen LogP contribution in [0.5, 0.6) is 0 Å². The monoisotopic (exact) mass is 223 g/mol. The zero-order valence-corrected chi connectivity index (χ0v) is 9.93. The standard InChI is InChI=1S/C11H17N3O2/c1-11(2,3)16-10(15)14-6-4-5-8-9(14)7-12-13-8/h7-8H,4-6H2,1-3H3/t8-/m0/s1. The molecule has 0 N–H and O–H groups in total. The summed E-state index contributed by atoms with van der Waals surface area (Å²) < 4.78 is 5.35. The topological polar surface area (TPSA) is 54.3 Å². The molecule has 0 saturated carbocycles. The Bertz CT molecular complexity index is 355. The number of fused-ring (bicyclic) bond motifs is 1. The maximum absolute atomic E-state index is 11.9. The van der Waals surface area contributed by atoms with Gasteiger partial charge in [0.1, 0.15) is 11.6 Å². The SMILES string of the molecule is CC(C)(C)OC(=O)N1CCC[C@@H]2N=NC=C21. The van der Waals surface area contributed by atoms with Gasteiger partial charge in [0.25, 0.3) is 0 Å². The van der Waals surface area contributed by atoms with Crippen molar-refractivity contribution < 1.29 is 9.53 Å². The molecule has 0 aromatic carbocycles. The molecule has 5 heteroatoms. The predicted molar refractivity (Wildman–Crippen MR) is 58.9 cm³/mol. The van der Waals surface area contributed by atoms with E-state index >= 15 is 0 Å². The second-order valence-electron chi connectivity index (χ2n) is 5.07. The van der Waals surface area contributed by atoms with Crippen molar-refractivity contribution in [3.8, 4) is 0 Å². The van der Waals surface area contributed by atoms with Gasteiger partial charge in [-0.15, -0.1) is 0 Å². The summed E-state index contributed by atoms with van der Waals surface area (Å²) in [5.74, 6) is 0. The lowest BCUT2D eigenvalue weighted by Gasteiger charge is -2.32. The summed E-state index contributed by atoms with van der Waals surface area (Å²) in [5, 5.41) is 7.94. The van der Waals surface area contributed by atoms with Crippen molar-refractivity contribution in [1.82, 2.24) is 4.90 Å². The van der Waals surface area contributed by atoms with E-state index in [-0.39, 0.29) is 12.1 Å². The van der Waals surface area contributed by atoms with Gasteiger partial charge in [-0.1, -0.05) is 0 Å². The Morgan fingerprint density at radius 1 is 1.56 bits per heavy atom. The zero-order chi connectivity index (χ0) is 11.8. The fourth-order valence-electron chi connectivity index (χ4n) is 1.86. The van der Waals surface area contributed by atoms with Gasteiger partial charge < -0.3 is 4.74 Å². The van der Waals surface area contributed by atoms with E-state index in [4.69, 9.17) is 4.74 Å². The molecule has 5 nitrogen and oxygen atoms in total. The highest BCUT2D eigenvalue weighted by molar-refractivity contribution is 5.71. The predicted octanol–water partition coefficient (Wildman–Crippen LogP) is 2.69. The number of piperidine rings is 1. The van der Waals surface area contributed by atoms with Crippen molar-refractivity contribution in [1.29, 1.82) is 0 Å². The van der Waals surface area contributed by atoms with Crippen LogP contribution in [-0.4, -0.2) is 29.2 Å². The molecule has 16 heavy (non-hydrogen) atoms. The van der Waals surface area contributed by atoms with Crippen molar-refractivity contribution in [2.45, 2.75) is 45.3 Å². The number of nitrogens with zero attached hydrogens (tertiary/aromatic N) is 3. The average Bonchev–Trinajstić information content (AvgIpc) is 2.61. The number of hydrogen-bond donors (Lipinski definition) is 0. The van der Waals surface area contributed by atoms with Crippen molar-refractivity contribution >= 4 is 6.09 Å². The lowest BCUT2D eigenvalue weighted by Crippen LogP contribution is -2.41. The fourth-order valence-corrected chi connectivity index (χ4v) is 1.86. The number of likely N-dealkylation sites (tertiary alicyclic amines) is 1. The minimum atomic E-state index is -0.461. The van der Waals surface area contributed by atoms with Crippen molar-refractivity contribution in [3.05, 3.63) is 11.9 Å². The van der Waals surface area contributed by atoms with Crippen LogP contribution in [0, 0.1) is 0 Å². The summed E-state index contributed by atoms with van der Waals surface area (Å²) >= 11 is 0. The Morgan fingerprint density at radius 3 is 3.00 bits per heavy atom. The van der Waals surface area contributed by atoms with Gasteiger partial charge in [-0.3, -0.25) is 4.90 Å². The van der Waals surface area contributed by atoms with Crippen LogP contribution in [0.4, 0.5) is 4.79 Å². The smallest absolute Gasteiger partial charge is 0.414 e. The van der Waals surface area contributed by atoms with Gasteiger partial charge in [0.05, 0.1) is 11.9 Å². The maximum Gasteiger partial charge on any atom is 0.414 e. The molecule has 2 aliphatic heterocycles. The highest BCUT2D eigenvalue weighted by Gasteiger charge is 2.33. The first-order valence-electron chi connectivity index (χ1n) is 5.58. The van der Waals surface area contributed by atoms with Gasteiger partial charge in [0, 0.05) is 6.54 Å². The van der Waals surface area contributed by atoms with Gasteiger partial charge in [0.2, 0.25) is 0 Å². The molecule has 0 aromatic rings. The van der Waals surface area contributed by atoms with E-state index in [2.05, 4.69) is 10.2 Å². The Morgan fingerprint density at radius 2 is 2.31 bits per heavy atom. The molecule has 1 amide bonds. The van der Waals surface area contributed by atoms with Gasteiger partial charge >= 0.3 is 6.09 Å². The van der Waals surface area contributed by atoms with Gasteiger partial charge in [0.15, 0.2) is 0 Å². The van der Waals surface area contributed by atoms with Crippen LogP contribution in [-0.2, 0) is 4.74 Å². The third-order valence-corrected chi connectivity index (χ3v) is 2.52. The fraction of sp³-hybridized carbons (Fsp3) is 0.727. The molecule has 2 heterocycles. The summed E-state index contributed by atoms with van der Waals surface area (Å²) in [6.07, 6.45) is 3.28. The molecule has 0 unspecified atom stereocenters. The van der Waals surface area contributed by atoms with Crippen LogP contribution in [0.3, 0.4) is 0 Å². The van der Waals surface area contributed by atoms with Crippen LogP contribution in [0.1, 0.15) is 33.6 Å². The highest BCUT2D eigenvalue weighted by Crippen LogP contribution is 2.29. The first-order valence-corrected chi connectivity index (χ1v) is 5.58. The number of ether oxygens (including phenoxy) is 1. The van der Waals surface area contributed by atoms with E-state index < -0.39 is 5.60 Å². The number of carbonyl (C=O) groups excluding carboxylic acids is 1. The quantitative estimate of drug-likeness (QED) is 0.634. The molecule has 1 saturated heterocycles. The van der Waals surface area contributed by atoms with Crippen molar-refractivity contribution in [2.75, 3.05) is 6.54 Å². The number of carbonyl (C=O) groups is 1. The van der Waals surface area contributed by atoms with Crippen molar-refractivity contribution in [2.24, 2.45) is 10.2 Å². The molecule has 2 rings (SSSR count). The van der Waals surface area contributed by atoms with E-state index in [9.17, 15) is 4.79 Å². The van der Waals surface area contributed by atoms with Gasteiger partial charge in [-0.25, -0.2) is 4.79 Å². The summed E-state index contributed by atoms with van der Waals surface area (Å²) in [4.78, 5) is 13.6. The number of azo groups is 1. The molecular weight excluding hydrogens is 206 g/mol. The second-order valence-corrected chi connectivity index (χ2v) is 5.07. The normalized spacial score (nSPS) is 24.1. The van der Waals surface area contributed by atoms with E-state index in [1.54, 1.807) is 11.1 Å². The summed E-state index contributed by atoms with van der Waals surface area (Å²) in [7, 11) is 0. The number of rotatable bonds is 0. The molecule has 88 valence electrons. The summed E-state index contributed by atoms with van der Waals surface area (Å²) in [6.45, 7) is 6.29. The molecule has 0 aliphatic carbocycles. The van der Waals surface area contributed by atoms with E-state index in [0.29, 0.717) is 6.54 Å². The number of hydrogen-bond acceptors (Lipinski definition) is 4. The second kappa shape index (κ2) is 3.88. The molecule has 2 aliphatic rings. The molecule has 1 fully saturated rings. The summed E-state index contributed by atoms with van der Waals surface area (Å²) in [5.41, 5.74) is 0.415. The number of amides is 1. The molecule has 1 atom stereocenters. The van der Waals surface area contributed by atoms with Gasteiger partial charge in [-0.2, -0.15) is 10.2 Å². The van der Waals surface area contributed by atoms with Crippen LogP contribution in [0.25, 0.3) is 0 Å². The lowest BCUT2D eigenvalue weighted by molar-refractivity contribution is 0.0280. The first kappa shape index (κ1) is 11.1. The summed E-state index contributed by atoms with van der Waals surface area (Å²) in [6, 6.07) is 0.0567. The van der Waals surface area contributed by atoms with E-state index in [1.165, 1.54) is 0 Å². The van der Waals surface area contributed by atoms with Crippen molar-refractivity contribution in [3.63, 3.8) is 0 Å². The molecule has 0 radical (unpaired) electrons. The van der Waals surface area contributed by atoms with E-state index in [0.717, 1.165) is 18.5 Å². The first-order chi connectivity index (χ1) is 7.47. The third-order valence-electron chi connectivity index (χ3n) is 2.52. The Kier molecular flexibility index (Phi) is 2.69. The average molecular weight is 223 g/mol. The van der Waals surface area contributed by atoms with Crippen LogP contribution in [0.2, 0.25) is 0 Å². The van der Waals surface area contributed by atoms with Gasteiger partial charge in [-0.05, 0) is 33.6 Å². The highest BCUT2D eigenvalue weighted by atomic mass is 16.6. The Hall–Kier alpha value is -1.39. The van der Waals surface area contributed by atoms with Crippen LogP contribution < -0.4 is 0 Å². The molecule has 0 aromatic heterocycles. The zero-order valence-electron chi connectivity index (χ0n) is 9.93. The lowest BCUT2D eigenvalue weighted by atomic mass is 10.0. The minimum absolute atomic E-state index is 0.0567. The molecule has 0 spiro atoms. The minimum Gasteiger partial charge on any atom is -0.443 e. The maximum atomic E-state index is 11.9. The van der Waals surface area contributed by atoms with E-state index in [1.807, 2.05) is 20.8 Å². The Balaban J connectivity index is 2.06. The van der Waals surface area contributed by atoms with Crippen LogP contribution in [0.15, 0.2) is 22.1 Å². The van der Waals surface area contributed by atoms with Crippen LogP contribution >= 0.6 is 0 Å². The largest absolute Gasteiger partial charge is 0.443 e. The third kappa shape index (κ3) is 2.23. The Labute approximate surface area is 95.2 Å². The molecule has 0 bridgehead atoms.